The second-order valence-corrected chi connectivity index (χ2v) is 5.80. The van der Waals surface area contributed by atoms with E-state index in [0.717, 1.165) is 23.9 Å². The van der Waals surface area contributed by atoms with E-state index in [2.05, 4.69) is 5.32 Å². The number of carboxylic acid groups (broad SMARTS) is 1. The van der Waals surface area contributed by atoms with Crippen molar-refractivity contribution in [2.45, 2.75) is 18.6 Å². The number of benzene rings is 1. The van der Waals surface area contributed by atoms with Crippen molar-refractivity contribution < 1.29 is 28.2 Å². The number of carbonyl (C=O) groups is 2. The first kappa shape index (κ1) is 16.7. The minimum atomic E-state index is -0.985. The Morgan fingerprint density at radius 2 is 2.09 bits per heavy atom. The lowest BCUT2D eigenvalue weighted by molar-refractivity contribution is -0.133. The van der Waals surface area contributed by atoms with Gasteiger partial charge in [-0.3, -0.25) is 9.59 Å². The Balaban J connectivity index is 1.94. The summed E-state index contributed by atoms with van der Waals surface area (Å²) in [6, 6.07) is 3.16. The molecule has 1 aromatic rings. The predicted octanol–water partition coefficient (Wildman–Crippen LogP) is 1.73. The second-order valence-electron chi connectivity index (χ2n) is 4.81. The van der Waals surface area contributed by atoms with Crippen LogP contribution in [0, 0.1) is 11.6 Å². The van der Waals surface area contributed by atoms with Crippen LogP contribution in [0.25, 0.3) is 0 Å². The highest BCUT2D eigenvalue weighted by Crippen LogP contribution is 2.30. The third-order valence-electron chi connectivity index (χ3n) is 3.17. The third-order valence-corrected chi connectivity index (χ3v) is 4.09. The average Bonchev–Trinajstić information content (AvgIpc) is 2.89. The lowest BCUT2D eigenvalue weighted by Gasteiger charge is -2.20. The van der Waals surface area contributed by atoms with Crippen molar-refractivity contribution in [3.63, 3.8) is 0 Å². The number of hydrogen-bond donors (Lipinski definition) is 2. The number of thioether (sulfide) groups is 1. The molecule has 0 bridgehead atoms. The molecule has 2 atom stereocenters. The molecule has 1 aliphatic heterocycles. The van der Waals surface area contributed by atoms with Gasteiger partial charge >= 0.3 is 5.97 Å². The Kier molecular flexibility index (Phi) is 5.73. The number of hydrogen-bond acceptors (Lipinski definition) is 4. The van der Waals surface area contributed by atoms with Gasteiger partial charge < -0.3 is 15.2 Å². The average molecular weight is 331 g/mol. The maximum Gasteiger partial charge on any atom is 0.313 e. The monoisotopic (exact) mass is 331 g/mol. The summed E-state index contributed by atoms with van der Waals surface area (Å²) in [6.07, 6.45) is 0.0162. The van der Waals surface area contributed by atoms with Crippen molar-refractivity contribution in [1.29, 1.82) is 0 Å². The fourth-order valence-electron chi connectivity index (χ4n) is 2.23. The molecule has 2 unspecified atom stereocenters. The van der Waals surface area contributed by atoms with Gasteiger partial charge in [-0.15, -0.1) is 11.8 Å². The van der Waals surface area contributed by atoms with Crippen molar-refractivity contribution in [2.75, 3.05) is 18.1 Å². The Bertz CT molecular complexity index is 570. The molecule has 0 saturated carbocycles. The third kappa shape index (κ3) is 4.41. The van der Waals surface area contributed by atoms with Gasteiger partial charge in [0, 0.05) is 6.61 Å². The predicted molar refractivity (Wildman–Crippen MR) is 76.6 cm³/mol. The fourth-order valence-corrected chi connectivity index (χ4v) is 2.78. The van der Waals surface area contributed by atoms with Crippen molar-refractivity contribution >= 4 is 23.6 Å². The highest BCUT2D eigenvalue weighted by molar-refractivity contribution is 8.00. The lowest BCUT2D eigenvalue weighted by Crippen LogP contribution is -2.38. The summed E-state index contributed by atoms with van der Waals surface area (Å²) in [7, 11) is 0. The highest BCUT2D eigenvalue weighted by Gasteiger charge is 2.31. The molecule has 1 heterocycles. The largest absolute Gasteiger partial charge is 0.481 e. The molecule has 1 aliphatic rings. The van der Waals surface area contributed by atoms with Gasteiger partial charge in [-0.1, -0.05) is 6.07 Å². The van der Waals surface area contributed by atoms with Crippen LogP contribution in [-0.4, -0.2) is 41.1 Å². The number of amides is 1. The van der Waals surface area contributed by atoms with Crippen molar-refractivity contribution in [3.8, 4) is 0 Å². The first-order valence-electron chi connectivity index (χ1n) is 6.63. The highest BCUT2D eigenvalue weighted by atomic mass is 32.2. The number of nitrogens with one attached hydrogen (secondary N) is 1. The van der Waals surface area contributed by atoms with Crippen LogP contribution in [0.4, 0.5) is 8.78 Å². The smallest absolute Gasteiger partial charge is 0.313 e. The Morgan fingerprint density at radius 1 is 1.32 bits per heavy atom. The standard InChI is InChI=1S/C14H15F2NO4S/c15-9-2-1-8(5-10(9)16)14-11(3-4-21-14)17-12(18)6-22-7-13(19)20/h1-2,5,11,14H,3-4,6-7H2,(H,17,18)(H,19,20). The normalized spacial score (nSPS) is 20.8. The van der Waals surface area contributed by atoms with Crippen LogP contribution < -0.4 is 5.32 Å². The van der Waals surface area contributed by atoms with Gasteiger partial charge in [-0.05, 0) is 24.1 Å². The molecule has 1 amide bonds. The summed E-state index contributed by atoms with van der Waals surface area (Å²) in [5.41, 5.74) is 0.458. The van der Waals surface area contributed by atoms with E-state index in [-0.39, 0.29) is 23.5 Å². The number of ether oxygens (including phenoxy) is 1. The van der Waals surface area contributed by atoms with Crippen LogP contribution in [0.3, 0.4) is 0 Å². The summed E-state index contributed by atoms with van der Waals surface area (Å²) in [4.78, 5) is 22.1. The van der Waals surface area contributed by atoms with Crippen molar-refractivity contribution in [1.82, 2.24) is 5.32 Å². The Labute approximate surface area is 130 Å². The number of carboxylic acids is 1. The molecule has 0 radical (unpaired) electrons. The van der Waals surface area contributed by atoms with E-state index < -0.39 is 23.7 Å². The molecule has 2 rings (SSSR count). The molecule has 5 nitrogen and oxygen atoms in total. The van der Waals surface area contributed by atoms with E-state index >= 15 is 0 Å². The molecule has 120 valence electrons. The lowest BCUT2D eigenvalue weighted by atomic mass is 10.0. The van der Waals surface area contributed by atoms with Crippen LogP contribution in [0.15, 0.2) is 18.2 Å². The zero-order valence-corrected chi connectivity index (χ0v) is 12.4. The van der Waals surface area contributed by atoms with E-state index in [1.165, 1.54) is 6.07 Å². The van der Waals surface area contributed by atoms with Gasteiger partial charge in [0.2, 0.25) is 5.91 Å². The summed E-state index contributed by atoms with van der Waals surface area (Å²) < 4.78 is 31.7. The molecule has 22 heavy (non-hydrogen) atoms. The number of carbonyl (C=O) groups excluding carboxylic acids is 1. The fraction of sp³-hybridized carbons (Fsp3) is 0.429. The minimum absolute atomic E-state index is 0.0211. The second kappa shape index (κ2) is 7.55. The zero-order valence-electron chi connectivity index (χ0n) is 11.6. The summed E-state index contributed by atoms with van der Waals surface area (Å²) >= 11 is 0.992. The quantitative estimate of drug-likeness (QED) is 0.830. The van der Waals surface area contributed by atoms with Gasteiger partial charge in [0.15, 0.2) is 11.6 Å². The van der Waals surface area contributed by atoms with Crippen LogP contribution >= 0.6 is 11.8 Å². The first-order chi connectivity index (χ1) is 10.5. The van der Waals surface area contributed by atoms with E-state index in [0.29, 0.717) is 18.6 Å². The number of aliphatic carboxylic acids is 1. The van der Waals surface area contributed by atoms with Gasteiger partial charge in [-0.25, -0.2) is 8.78 Å². The molecule has 0 aliphatic carbocycles. The summed E-state index contributed by atoms with van der Waals surface area (Å²) in [5, 5.41) is 11.3. The van der Waals surface area contributed by atoms with E-state index in [9.17, 15) is 18.4 Å². The Hall–Kier alpha value is -1.67. The maximum atomic E-state index is 13.3. The van der Waals surface area contributed by atoms with E-state index in [4.69, 9.17) is 9.84 Å². The van der Waals surface area contributed by atoms with Crippen LogP contribution in [0.1, 0.15) is 18.1 Å². The topological polar surface area (TPSA) is 75.6 Å². The molecule has 1 fully saturated rings. The molecule has 8 heteroatoms. The first-order valence-corrected chi connectivity index (χ1v) is 7.78. The van der Waals surface area contributed by atoms with Crippen LogP contribution in [-0.2, 0) is 14.3 Å². The maximum absolute atomic E-state index is 13.3. The van der Waals surface area contributed by atoms with E-state index in [1.54, 1.807) is 0 Å². The summed E-state index contributed by atoms with van der Waals surface area (Å²) in [6.45, 7) is 0.400. The van der Waals surface area contributed by atoms with Crippen molar-refractivity contribution in [2.24, 2.45) is 0 Å². The SMILES string of the molecule is O=C(O)CSCC(=O)NC1CCOC1c1ccc(F)c(F)c1. The molecule has 1 aromatic carbocycles. The molecule has 0 aromatic heterocycles. The zero-order chi connectivity index (χ0) is 16.1. The van der Waals surface area contributed by atoms with Crippen LogP contribution in [0.2, 0.25) is 0 Å². The Morgan fingerprint density at radius 3 is 2.77 bits per heavy atom. The minimum Gasteiger partial charge on any atom is -0.481 e. The van der Waals surface area contributed by atoms with E-state index in [1.807, 2.05) is 0 Å². The van der Waals surface area contributed by atoms with Gasteiger partial charge in [-0.2, -0.15) is 0 Å². The van der Waals surface area contributed by atoms with Crippen LogP contribution in [0.5, 0.6) is 0 Å². The molecular formula is C14H15F2NO4S. The number of halogens is 2. The summed E-state index contributed by atoms with van der Waals surface area (Å²) in [5.74, 6) is -3.33. The molecular weight excluding hydrogens is 316 g/mol. The molecule has 0 spiro atoms. The molecule has 2 N–H and O–H groups in total. The van der Waals surface area contributed by atoms with Gasteiger partial charge in [0.05, 0.1) is 17.5 Å². The van der Waals surface area contributed by atoms with Gasteiger partial charge in [0.1, 0.15) is 6.10 Å². The number of rotatable bonds is 6. The molecule has 1 saturated heterocycles. The van der Waals surface area contributed by atoms with Gasteiger partial charge in [0.25, 0.3) is 0 Å². The van der Waals surface area contributed by atoms with Crippen molar-refractivity contribution in [3.05, 3.63) is 35.4 Å².